The minimum atomic E-state index is -3.77. The second-order valence-corrected chi connectivity index (χ2v) is 10.7. The molecule has 0 aliphatic heterocycles. The highest BCUT2D eigenvalue weighted by molar-refractivity contribution is 8.01. The number of thiazole rings is 1. The Morgan fingerprint density at radius 1 is 1.12 bits per heavy atom. The van der Waals surface area contributed by atoms with Crippen molar-refractivity contribution in [2.45, 2.75) is 16.2 Å². The van der Waals surface area contributed by atoms with E-state index in [0.717, 1.165) is 20.3 Å². The molecule has 0 aliphatic rings. The molecule has 1 amide bonds. The molecule has 0 spiro atoms. The molecule has 12 heteroatoms. The van der Waals surface area contributed by atoms with E-state index in [4.69, 9.17) is 4.74 Å². The number of nitrogens with zero attached hydrogens (tertiary/aromatic N) is 2. The lowest BCUT2D eigenvalue weighted by atomic mass is 10.3. The van der Waals surface area contributed by atoms with Crippen LogP contribution in [-0.4, -0.2) is 36.7 Å². The zero-order valence-corrected chi connectivity index (χ0v) is 21.2. The lowest BCUT2D eigenvalue weighted by Crippen LogP contribution is -2.15. The van der Waals surface area contributed by atoms with Gasteiger partial charge in [-0.05, 0) is 61.5 Å². The SMILES string of the molecule is CCOc1ccc2nc(SCC(=O)Nc3ccc(S(=O)(=O)Nc4ccccn4)cc3)sc2c1.Cl. The fraction of sp³-hybridized carbons (Fsp3) is 0.136. The van der Waals surface area contributed by atoms with Gasteiger partial charge in [-0.1, -0.05) is 17.8 Å². The van der Waals surface area contributed by atoms with E-state index in [0.29, 0.717) is 12.3 Å². The van der Waals surface area contributed by atoms with E-state index in [1.54, 1.807) is 30.3 Å². The zero-order chi connectivity index (χ0) is 23.3. The summed E-state index contributed by atoms with van der Waals surface area (Å²) in [6.45, 7) is 2.53. The highest BCUT2D eigenvalue weighted by atomic mass is 35.5. The standard InChI is InChI=1S/C22H20N4O4S3.ClH/c1-2-30-16-8-11-18-19(13-16)32-22(25-18)31-14-21(27)24-15-6-9-17(10-7-15)33(28,29)26-20-5-3-4-12-23-20;/h3-13H,2,14H2,1H3,(H,23,26)(H,24,27);1H. The van der Waals surface area contributed by atoms with Crippen LogP contribution in [-0.2, 0) is 14.8 Å². The Labute approximate surface area is 211 Å². The lowest BCUT2D eigenvalue weighted by Gasteiger charge is -2.08. The minimum Gasteiger partial charge on any atom is -0.494 e. The summed E-state index contributed by atoms with van der Waals surface area (Å²) in [4.78, 5) is 20.9. The summed E-state index contributed by atoms with van der Waals surface area (Å²) in [7, 11) is -3.77. The summed E-state index contributed by atoms with van der Waals surface area (Å²) in [6, 6.07) is 16.6. The predicted octanol–water partition coefficient (Wildman–Crippen LogP) is 5.04. The molecular formula is C22H21ClN4O4S3. The molecule has 0 saturated carbocycles. The first-order chi connectivity index (χ1) is 15.9. The second-order valence-electron chi connectivity index (χ2n) is 6.72. The van der Waals surface area contributed by atoms with Crippen LogP contribution in [0.1, 0.15) is 6.92 Å². The third-order valence-electron chi connectivity index (χ3n) is 4.33. The Morgan fingerprint density at radius 3 is 2.62 bits per heavy atom. The second kappa shape index (κ2) is 11.5. The zero-order valence-electron chi connectivity index (χ0n) is 17.9. The molecule has 0 aliphatic carbocycles. The number of carbonyl (C=O) groups is 1. The number of benzene rings is 2. The Balaban J connectivity index is 0.00000324. The molecule has 0 fully saturated rings. The maximum absolute atomic E-state index is 12.5. The molecule has 8 nitrogen and oxygen atoms in total. The molecule has 0 unspecified atom stereocenters. The molecule has 4 rings (SSSR count). The lowest BCUT2D eigenvalue weighted by molar-refractivity contribution is -0.113. The quantitative estimate of drug-likeness (QED) is 0.288. The van der Waals surface area contributed by atoms with Crippen LogP contribution in [0.15, 0.2) is 76.1 Å². The number of anilines is 2. The van der Waals surface area contributed by atoms with Crippen molar-refractivity contribution in [3.8, 4) is 5.75 Å². The van der Waals surface area contributed by atoms with Crippen LogP contribution in [0.2, 0.25) is 0 Å². The third-order valence-corrected chi connectivity index (χ3v) is 7.86. The fourth-order valence-corrected chi connectivity index (χ4v) is 5.77. The first-order valence-electron chi connectivity index (χ1n) is 9.93. The van der Waals surface area contributed by atoms with Gasteiger partial charge in [-0.25, -0.2) is 18.4 Å². The largest absolute Gasteiger partial charge is 0.494 e. The van der Waals surface area contributed by atoms with Crippen molar-refractivity contribution in [2.24, 2.45) is 0 Å². The smallest absolute Gasteiger partial charge is 0.263 e. The highest BCUT2D eigenvalue weighted by Gasteiger charge is 2.15. The van der Waals surface area contributed by atoms with E-state index in [9.17, 15) is 13.2 Å². The van der Waals surface area contributed by atoms with Crippen molar-refractivity contribution < 1.29 is 17.9 Å². The highest BCUT2D eigenvalue weighted by Crippen LogP contribution is 2.32. The fourth-order valence-electron chi connectivity index (χ4n) is 2.86. The van der Waals surface area contributed by atoms with Gasteiger partial charge in [-0.3, -0.25) is 9.52 Å². The molecule has 0 radical (unpaired) electrons. The van der Waals surface area contributed by atoms with Gasteiger partial charge < -0.3 is 10.1 Å². The number of sulfonamides is 1. The summed E-state index contributed by atoms with van der Waals surface area (Å²) < 4.78 is 34.7. The molecule has 2 aromatic heterocycles. The molecule has 178 valence electrons. The van der Waals surface area contributed by atoms with Gasteiger partial charge in [0.2, 0.25) is 5.91 Å². The van der Waals surface area contributed by atoms with E-state index in [1.165, 1.54) is 41.4 Å². The number of halogens is 1. The van der Waals surface area contributed by atoms with Crippen LogP contribution in [0.5, 0.6) is 5.75 Å². The van der Waals surface area contributed by atoms with Gasteiger partial charge in [0.1, 0.15) is 11.6 Å². The maximum atomic E-state index is 12.5. The molecule has 2 aromatic carbocycles. The average molecular weight is 537 g/mol. The Morgan fingerprint density at radius 2 is 1.91 bits per heavy atom. The number of ether oxygens (including phenoxy) is 1. The Hall–Kier alpha value is -2.86. The number of thioether (sulfide) groups is 1. The van der Waals surface area contributed by atoms with Gasteiger partial charge in [-0.15, -0.1) is 23.7 Å². The van der Waals surface area contributed by atoms with Gasteiger partial charge in [0, 0.05) is 11.9 Å². The summed E-state index contributed by atoms with van der Waals surface area (Å²) in [5.41, 5.74) is 1.37. The number of nitrogens with one attached hydrogen (secondary N) is 2. The molecule has 0 atom stereocenters. The number of carbonyl (C=O) groups excluding carboxylic acids is 1. The number of hydrogen-bond donors (Lipinski definition) is 2. The van der Waals surface area contributed by atoms with E-state index in [-0.39, 0.29) is 34.8 Å². The summed E-state index contributed by atoms with van der Waals surface area (Å²) in [6.07, 6.45) is 1.50. The summed E-state index contributed by atoms with van der Waals surface area (Å²) in [5, 5.41) is 2.77. The van der Waals surface area contributed by atoms with Crippen molar-refractivity contribution >= 4 is 73.2 Å². The molecule has 2 N–H and O–H groups in total. The molecule has 34 heavy (non-hydrogen) atoms. The number of pyridine rings is 1. The van der Waals surface area contributed by atoms with Crippen molar-refractivity contribution in [1.82, 2.24) is 9.97 Å². The van der Waals surface area contributed by atoms with E-state index >= 15 is 0 Å². The van der Waals surface area contributed by atoms with Gasteiger partial charge in [0.25, 0.3) is 10.0 Å². The monoisotopic (exact) mass is 536 g/mol. The van der Waals surface area contributed by atoms with Crippen LogP contribution < -0.4 is 14.8 Å². The number of aromatic nitrogens is 2. The van der Waals surface area contributed by atoms with E-state index in [1.807, 2.05) is 25.1 Å². The molecular weight excluding hydrogens is 516 g/mol. The van der Waals surface area contributed by atoms with Gasteiger partial charge in [0.05, 0.1) is 27.5 Å². The Kier molecular flexibility index (Phi) is 8.72. The van der Waals surface area contributed by atoms with Crippen molar-refractivity contribution in [2.75, 3.05) is 22.4 Å². The average Bonchev–Trinajstić information content (AvgIpc) is 3.21. The van der Waals surface area contributed by atoms with Crippen molar-refractivity contribution in [1.29, 1.82) is 0 Å². The van der Waals surface area contributed by atoms with Gasteiger partial charge in [0.15, 0.2) is 4.34 Å². The van der Waals surface area contributed by atoms with E-state index in [2.05, 4.69) is 20.0 Å². The van der Waals surface area contributed by atoms with Crippen molar-refractivity contribution in [3.63, 3.8) is 0 Å². The van der Waals surface area contributed by atoms with Gasteiger partial charge >= 0.3 is 0 Å². The first-order valence-corrected chi connectivity index (χ1v) is 13.2. The number of rotatable bonds is 9. The van der Waals surface area contributed by atoms with Gasteiger partial charge in [-0.2, -0.15) is 0 Å². The van der Waals surface area contributed by atoms with Crippen LogP contribution in [0.3, 0.4) is 0 Å². The van der Waals surface area contributed by atoms with Crippen LogP contribution in [0, 0.1) is 0 Å². The first kappa shape index (κ1) is 25.8. The number of amides is 1. The van der Waals surface area contributed by atoms with Crippen LogP contribution in [0.4, 0.5) is 11.5 Å². The maximum Gasteiger partial charge on any atom is 0.263 e. The number of fused-ring (bicyclic) bond motifs is 1. The van der Waals surface area contributed by atoms with Crippen LogP contribution >= 0.6 is 35.5 Å². The Bertz CT molecular complexity index is 1360. The predicted molar refractivity (Wildman–Crippen MR) is 139 cm³/mol. The topological polar surface area (TPSA) is 110 Å². The summed E-state index contributed by atoms with van der Waals surface area (Å²) in [5.74, 6) is 0.996. The van der Waals surface area contributed by atoms with Crippen LogP contribution in [0.25, 0.3) is 10.2 Å². The van der Waals surface area contributed by atoms with E-state index < -0.39 is 10.0 Å². The summed E-state index contributed by atoms with van der Waals surface area (Å²) >= 11 is 2.85. The molecule has 2 heterocycles. The molecule has 4 aromatic rings. The molecule has 0 bridgehead atoms. The third kappa shape index (κ3) is 6.60. The number of hydrogen-bond acceptors (Lipinski definition) is 8. The minimum absolute atomic E-state index is 0. The molecule has 0 saturated heterocycles. The normalized spacial score (nSPS) is 11.0. The van der Waals surface area contributed by atoms with Crippen molar-refractivity contribution in [3.05, 3.63) is 66.9 Å².